The van der Waals surface area contributed by atoms with Crippen LogP contribution in [0.5, 0.6) is 0 Å². The van der Waals surface area contributed by atoms with E-state index in [0.717, 1.165) is 0 Å². The third-order valence-electron chi connectivity index (χ3n) is 7.80. The van der Waals surface area contributed by atoms with Crippen LogP contribution in [0.25, 0.3) is 22.3 Å². The number of nitrogens with zero attached hydrogens (tertiary/aromatic N) is 1. The Bertz CT molecular complexity index is 1380. The molecule has 0 radical (unpaired) electrons. The number of hydrogen-bond acceptors (Lipinski definition) is 1. The highest BCUT2D eigenvalue weighted by atomic mass is 15.1. The van der Waals surface area contributed by atoms with Crippen molar-refractivity contribution in [2.75, 3.05) is 11.9 Å². The fraction of sp³-hybridized carbons (Fsp3) is 0.294. The topological polar surface area (TPSA) is 3.24 Å². The van der Waals surface area contributed by atoms with Crippen LogP contribution in [-0.4, -0.2) is 7.05 Å². The molecule has 0 saturated heterocycles. The maximum absolute atomic E-state index is 2.49. The van der Waals surface area contributed by atoms with Gasteiger partial charge in [-0.3, -0.25) is 0 Å². The van der Waals surface area contributed by atoms with Crippen molar-refractivity contribution in [3.05, 3.63) is 107 Å². The van der Waals surface area contributed by atoms with Crippen LogP contribution in [-0.2, 0) is 5.41 Å². The van der Waals surface area contributed by atoms with Crippen LogP contribution in [0.4, 0.5) is 11.4 Å². The average Bonchev–Trinajstić information content (AvgIpc) is 3.10. The number of benzene rings is 4. The molecular formula is C34H37N. The molecule has 0 bridgehead atoms. The molecule has 0 N–H and O–H groups in total. The Morgan fingerprint density at radius 3 is 1.94 bits per heavy atom. The standard InChI is InChI=1S/C34H37N/c1-22(2)26-18-17-25(24-13-9-8-10-14-24)21-31(26)35(7)33-27(23(3)4)19-20-29-28-15-11-12-16-30(28)34(5,6)32(29)33/h8-23H,1-7H3. The second kappa shape index (κ2) is 8.72. The Balaban J connectivity index is 1.77. The fourth-order valence-corrected chi connectivity index (χ4v) is 5.94. The van der Waals surface area contributed by atoms with Crippen LogP contribution in [0.15, 0.2) is 84.9 Å². The van der Waals surface area contributed by atoms with E-state index in [1.807, 2.05) is 0 Å². The van der Waals surface area contributed by atoms with Crippen molar-refractivity contribution >= 4 is 11.4 Å². The molecule has 0 unspecified atom stereocenters. The first-order valence-electron chi connectivity index (χ1n) is 12.9. The van der Waals surface area contributed by atoms with Crippen LogP contribution in [0, 0.1) is 0 Å². The third kappa shape index (κ3) is 3.78. The zero-order valence-electron chi connectivity index (χ0n) is 22.2. The Labute approximate surface area is 211 Å². The quantitative estimate of drug-likeness (QED) is 0.287. The molecule has 0 aliphatic heterocycles. The molecule has 178 valence electrons. The predicted octanol–water partition coefficient (Wildman–Crippen LogP) is 9.67. The lowest BCUT2D eigenvalue weighted by molar-refractivity contribution is 0.657. The van der Waals surface area contributed by atoms with Gasteiger partial charge in [-0.05, 0) is 62.4 Å². The largest absolute Gasteiger partial charge is 0.344 e. The first-order chi connectivity index (χ1) is 16.7. The number of fused-ring (bicyclic) bond motifs is 3. The molecule has 0 aromatic heterocycles. The van der Waals surface area contributed by atoms with E-state index in [2.05, 4.69) is 138 Å². The van der Waals surface area contributed by atoms with Crippen molar-refractivity contribution in [2.45, 2.75) is 58.8 Å². The number of anilines is 2. The summed E-state index contributed by atoms with van der Waals surface area (Å²) in [4.78, 5) is 2.49. The van der Waals surface area contributed by atoms with Crippen LogP contribution in [0.1, 0.15) is 75.6 Å². The van der Waals surface area contributed by atoms with Crippen LogP contribution >= 0.6 is 0 Å². The maximum atomic E-state index is 2.49. The van der Waals surface area contributed by atoms with Gasteiger partial charge in [0.05, 0.1) is 0 Å². The van der Waals surface area contributed by atoms with E-state index in [-0.39, 0.29) is 5.41 Å². The van der Waals surface area contributed by atoms with E-state index in [1.165, 1.54) is 55.9 Å². The van der Waals surface area contributed by atoms with Crippen LogP contribution in [0.3, 0.4) is 0 Å². The van der Waals surface area contributed by atoms with Gasteiger partial charge in [-0.2, -0.15) is 0 Å². The summed E-state index contributed by atoms with van der Waals surface area (Å²) in [6.07, 6.45) is 0. The SMILES string of the molecule is CC(C)c1ccc(-c2ccccc2)cc1N(C)c1c(C(C)C)ccc2c1C(C)(C)c1ccccc1-2. The van der Waals surface area contributed by atoms with E-state index in [9.17, 15) is 0 Å². The van der Waals surface area contributed by atoms with Gasteiger partial charge in [0.25, 0.3) is 0 Å². The summed E-state index contributed by atoms with van der Waals surface area (Å²) in [6, 6.07) is 31.4. The van der Waals surface area contributed by atoms with Crippen LogP contribution < -0.4 is 4.90 Å². The van der Waals surface area contributed by atoms with Gasteiger partial charge in [-0.25, -0.2) is 0 Å². The molecule has 0 amide bonds. The molecule has 35 heavy (non-hydrogen) atoms. The van der Waals surface area contributed by atoms with Crippen molar-refractivity contribution in [1.29, 1.82) is 0 Å². The smallest absolute Gasteiger partial charge is 0.0491 e. The van der Waals surface area contributed by atoms with Gasteiger partial charge < -0.3 is 4.90 Å². The Kier molecular flexibility index (Phi) is 5.83. The highest BCUT2D eigenvalue weighted by molar-refractivity contribution is 5.90. The highest BCUT2D eigenvalue weighted by Gasteiger charge is 2.39. The summed E-state index contributed by atoms with van der Waals surface area (Å²) in [6.45, 7) is 14.0. The molecular weight excluding hydrogens is 422 g/mol. The second-order valence-electron chi connectivity index (χ2n) is 11.1. The molecule has 4 aromatic carbocycles. The van der Waals surface area contributed by atoms with Crippen molar-refractivity contribution in [3.8, 4) is 22.3 Å². The summed E-state index contributed by atoms with van der Waals surface area (Å²) >= 11 is 0. The average molecular weight is 460 g/mol. The molecule has 0 atom stereocenters. The lowest BCUT2D eigenvalue weighted by atomic mass is 9.79. The van der Waals surface area contributed by atoms with Gasteiger partial charge in [-0.15, -0.1) is 0 Å². The monoisotopic (exact) mass is 459 g/mol. The summed E-state index contributed by atoms with van der Waals surface area (Å²) in [5.74, 6) is 0.860. The van der Waals surface area contributed by atoms with Gasteiger partial charge in [0.15, 0.2) is 0 Å². The first kappa shape index (κ1) is 23.4. The summed E-state index contributed by atoms with van der Waals surface area (Å²) in [5.41, 5.74) is 13.5. The molecule has 1 heteroatoms. The molecule has 1 aliphatic rings. The maximum Gasteiger partial charge on any atom is 0.0491 e. The van der Waals surface area contributed by atoms with Gasteiger partial charge in [0.2, 0.25) is 0 Å². The fourth-order valence-electron chi connectivity index (χ4n) is 5.94. The lowest BCUT2D eigenvalue weighted by Crippen LogP contribution is -2.23. The van der Waals surface area contributed by atoms with E-state index in [0.29, 0.717) is 11.8 Å². The normalized spacial score (nSPS) is 13.7. The Hall–Kier alpha value is -3.32. The van der Waals surface area contributed by atoms with E-state index >= 15 is 0 Å². The van der Waals surface area contributed by atoms with Crippen LogP contribution in [0.2, 0.25) is 0 Å². The van der Waals surface area contributed by atoms with Gasteiger partial charge in [0.1, 0.15) is 0 Å². The number of hydrogen-bond donors (Lipinski definition) is 0. The van der Waals surface area contributed by atoms with E-state index < -0.39 is 0 Å². The molecule has 0 heterocycles. The van der Waals surface area contributed by atoms with E-state index in [4.69, 9.17) is 0 Å². The highest BCUT2D eigenvalue weighted by Crippen LogP contribution is 2.55. The van der Waals surface area contributed by atoms with Gasteiger partial charge in [-0.1, -0.05) is 120 Å². The summed E-state index contributed by atoms with van der Waals surface area (Å²) in [7, 11) is 2.27. The van der Waals surface area contributed by atoms with Crippen molar-refractivity contribution in [2.24, 2.45) is 0 Å². The molecule has 1 nitrogen and oxygen atoms in total. The number of rotatable bonds is 5. The zero-order valence-corrected chi connectivity index (χ0v) is 22.2. The Morgan fingerprint density at radius 2 is 1.26 bits per heavy atom. The molecule has 0 saturated carbocycles. The van der Waals surface area contributed by atoms with Crippen molar-refractivity contribution in [1.82, 2.24) is 0 Å². The van der Waals surface area contributed by atoms with Crippen molar-refractivity contribution in [3.63, 3.8) is 0 Å². The second-order valence-corrected chi connectivity index (χ2v) is 11.1. The van der Waals surface area contributed by atoms with E-state index in [1.54, 1.807) is 0 Å². The lowest BCUT2D eigenvalue weighted by Gasteiger charge is -2.34. The predicted molar refractivity (Wildman–Crippen MR) is 152 cm³/mol. The third-order valence-corrected chi connectivity index (χ3v) is 7.80. The Morgan fingerprint density at radius 1 is 0.629 bits per heavy atom. The van der Waals surface area contributed by atoms with Gasteiger partial charge in [0, 0.05) is 23.8 Å². The molecule has 5 rings (SSSR count). The minimum Gasteiger partial charge on any atom is -0.344 e. The van der Waals surface area contributed by atoms with Crippen molar-refractivity contribution < 1.29 is 0 Å². The first-order valence-corrected chi connectivity index (χ1v) is 12.9. The molecule has 0 spiro atoms. The molecule has 0 fully saturated rings. The summed E-state index contributed by atoms with van der Waals surface area (Å²) < 4.78 is 0. The van der Waals surface area contributed by atoms with Gasteiger partial charge >= 0.3 is 0 Å². The minimum atomic E-state index is -0.0601. The zero-order chi connectivity index (χ0) is 24.9. The molecule has 1 aliphatic carbocycles. The minimum absolute atomic E-state index is 0.0601. The summed E-state index contributed by atoms with van der Waals surface area (Å²) in [5, 5.41) is 0. The molecule has 4 aromatic rings.